The monoisotopic (exact) mass is 138 g/mol. The summed E-state index contributed by atoms with van der Waals surface area (Å²) in [5.41, 5.74) is 0. The van der Waals surface area contributed by atoms with Crippen LogP contribution in [0.5, 0.6) is 0 Å². The van der Waals surface area contributed by atoms with Gasteiger partial charge >= 0.3 is 0 Å². The topological polar surface area (TPSA) is 30.2 Å². The molecular weight excluding hydrogens is 128 g/mol. The Balaban J connectivity index is 2.49. The summed E-state index contributed by atoms with van der Waals surface area (Å²) in [6.07, 6.45) is 2.17. The number of hydrogen-bond acceptors (Lipinski definition) is 2. The van der Waals surface area contributed by atoms with Gasteiger partial charge in [0.1, 0.15) is 17.8 Å². The highest BCUT2D eigenvalue weighted by Crippen LogP contribution is 2.07. The molecule has 0 N–H and O–H groups in total. The summed E-state index contributed by atoms with van der Waals surface area (Å²) in [5.74, 6) is 1.80. The molecule has 0 amide bonds. The lowest BCUT2D eigenvalue weighted by Crippen LogP contribution is -1.80. The highest BCUT2D eigenvalue weighted by atomic mass is 16.3. The van der Waals surface area contributed by atoms with Crippen LogP contribution in [0.4, 0.5) is 0 Å². The molecule has 2 nitrogen and oxygen atoms in total. The molecule has 2 heteroatoms. The Bertz CT molecular complexity index is 213. The molecule has 0 aliphatic heterocycles. The van der Waals surface area contributed by atoms with Crippen molar-refractivity contribution in [3.05, 3.63) is 23.7 Å². The van der Waals surface area contributed by atoms with Crippen molar-refractivity contribution in [3.63, 3.8) is 0 Å². The van der Waals surface area contributed by atoms with Gasteiger partial charge in [-0.15, -0.1) is 0 Å². The molecule has 0 aromatic carbocycles. The predicted octanol–water partition coefficient (Wildman–Crippen LogP) is 1.72. The number of rotatable bonds is 3. The van der Waals surface area contributed by atoms with Gasteiger partial charge in [0.15, 0.2) is 0 Å². The molecule has 1 heterocycles. The molecule has 0 spiro atoms. The first-order valence-electron chi connectivity index (χ1n) is 3.32. The molecule has 10 heavy (non-hydrogen) atoms. The van der Waals surface area contributed by atoms with Gasteiger partial charge in [-0.05, 0) is 19.1 Å². The molecule has 0 aliphatic carbocycles. The fraction of sp³-hybridized carbons (Fsp3) is 0.375. The number of aldehydes is 1. The van der Waals surface area contributed by atoms with Crippen LogP contribution in [0.3, 0.4) is 0 Å². The minimum absolute atomic E-state index is 0.549. The zero-order chi connectivity index (χ0) is 7.40. The first kappa shape index (κ1) is 7.06. The fourth-order valence-electron chi connectivity index (χ4n) is 0.821. The number of hydrogen-bond donors (Lipinski definition) is 0. The SMILES string of the molecule is Cc1ccc(CCC=O)o1. The van der Waals surface area contributed by atoms with E-state index in [9.17, 15) is 4.79 Å². The van der Waals surface area contributed by atoms with Crippen molar-refractivity contribution in [2.75, 3.05) is 0 Å². The molecule has 0 atom stereocenters. The van der Waals surface area contributed by atoms with E-state index >= 15 is 0 Å². The van der Waals surface area contributed by atoms with Crippen molar-refractivity contribution in [3.8, 4) is 0 Å². The van der Waals surface area contributed by atoms with Crippen LogP contribution in [0.2, 0.25) is 0 Å². The van der Waals surface area contributed by atoms with Crippen LogP contribution in [0.25, 0.3) is 0 Å². The first-order valence-corrected chi connectivity index (χ1v) is 3.32. The lowest BCUT2D eigenvalue weighted by atomic mass is 10.3. The van der Waals surface area contributed by atoms with Crippen molar-refractivity contribution < 1.29 is 9.21 Å². The van der Waals surface area contributed by atoms with Crippen LogP contribution < -0.4 is 0 Å². The lowest BCUT2D eigenvalue weighted by molar-refractivity contribution is -0.107. The zero-order valence-electron chi connectivity index (χ0n) is 5.96. The molecule has 1 aromatic rings. The molecule has 0 fully saturated rings. The maximum Gasteiger partial charge on any atom is 0.120 e. The average molecular weight is 138 g/mol. The molecule has 1 aromatic heterocycles. The van der Waals surface area contributed by atoms with E-state index in [1.807, 2.05) is 19.1 Å². The molecule has 0 radical (unpaired) electrons. The third kappa shape index (κ3) is 1.72. The van der Waals surface area contributed by atoms with E-state index in [2.05, 4.69) is 0 Å². The van der Waals surface area contributed by atoms with E-state index in [0.717, 1.165) is 24.2 Å². The minimum atomic E-state index is 0.549. The van der Waals surface area contributed by atoms with Gasteiger partial charge in [-0.25, -0.2) is 0 Å². The molecule has 0 saturated carbocycles. The van der Waals surface area contributed by atoms with Gasteiger partial charge in [0.05, 0.1) is 0 Å². The zero-order valence-corrected chi connectivity index (χ0v) is 5.96. The van der Waals surface area contributed by atoms with E-state index in [0.29, 0.717) is 6.42 Å². The lowest BCUT2D eigenvalue weighted by Gasteiger charge is -1.87. The predicted molar refractivity (Wildman–Crippen MR) is 37.8 cm³/mol. The Hall–Kier alpha value is -1.05. The van der Waals surface area contributed by atoms with Crippen LogP contribution in [-0.4, -0.2) is 6.29 Å². The Morgan fingerprint density at radius 3 is 2.90 bits per heavy atom. The molecule has 1 rings (SSSR count). The summed E-state index contributed by atoms with van der Waals surface area (Å²) in [4.78, 5) is 9.94. The van der Waals surface area contributed by atoms with Crippen LogP contribution in [0.1, 0.15) is 17.9 Å². The van der Waals surface area contributed by atoms with Gasteiger partial charge in [-0.1, -0.05) is 0 Å². The second-order valence-corrected chi connectivity index (χ2v) is 2.22. The number of aryl methyl sites for hydroxylation is 2. The van der Waals surface area contributed by atoms with Gasteiger partial charge in [0, 0.05) is 12.8 Å². The largest absolute Gasteiger partial charge is 0.466 e. The smallest absolute Gasteiger partial charge is 0.120 e. The summed E-state index contributed by atoms with van der Waals surface area (Å²) in [7, 11) is 0. The summed E-state index contributed by atoms with van der Waals surface area (Å²) < 4.78 is 5.23. The summed E-state index contributed by atoms with van der Waals surface area (Å²) >= 11 is 0. The molecule has 54 valence electrons. The molecule has 0 bridgehead atoms. The molecule has 0 unspecified atom stereocenters. The van der Waals surface area contributed by atoms with Crippen LogP contribution in [0, 0.1) is 6.92 Å². The first-order chi connectivity index (χ1) is 4.83. The van der Waals surface area contributed by atoms with Gasteiger partial charge in [0.2, 0.25) is 0 Å². The van der Waals surface area contributed by atoms with Gasteiger partial charge < -0.3 is 9.21 Å². The van der Waals surface area contributed by atoms with Crippen molar-refractivity contribution in [2.24, 2.45) is 0 Å². The third-order valence-electron chi connectivity index (χ3n) is 1.30. The second-order valence-electron chi connectivity index (χ2n) is 2.22. The number of carbonyl (C=O) groups excluding carboxylic acids is 1. The Labute approximate surface area is 59.8 Å². The van der Waals surface area contributed by atoms with Gasteiger partial charge in [0.25, 0.3) is 0 Å². The highest BCUT2D eigenvalue weighted by Gasteiger charge is 1.95. The summed E-state index contributed by atoms with van der Waals surface area (Å²) in [5, 5.41) is 0. The maximum absolute atomic E-state index is 9.94. The summed E-state index contributed by atoms with van der Waals surface area (Å²) in [6.45, 7) is 1.89. The van der Waals surface area contributed by atoms with Gasteiger partial charge in [-0.2, -0.15) is 0 Å². The van der Waals surface area contributed by atoms with Crippen molar-refractivity contribution in [2.45, 2.75) is 19.8 Å². The Kier molecular flexibility index (Phi) is 2.26. The second kappa shape index (κ2) is 3.20. The molecule has 0 saturated heterocycles. The van der Waals surface area contributed by atoms with E-state index in [1.165, 1.54) is 0 Å². The third-order valence-corrected chi connectivity index (χ3v) is 1.30. The maximum atomic E-state index is 9.94. The van der Waals surface area contributed by atoms with E-state index < -0.39 is 0 Å². The van der Waals surface area contributed by atoms with E-state index in [4.69, 9.17) is 4.42 Å². The normalized spacial score (nSPS) is 9.70. The van der Waals surface area contributed by atoms with Gasteiger partial charge in [-0.3, -0.25) is 0 Å². The van der Waals surface area contributed by atoms with Crippen molar-refractivity contribution >= 4 is 6.29 Å². The average Bonchev–Trinajstić information content (AvgIpc) is 2.31. The minimum Gasteiger partial charge on any atom is -0.466 e. The summed E-state index contributed by atoms with van der Waals surface area (Å²) in [6, 6.07) is 3.80. The van der Waals surface area contributed by atoms with Crippen molar-refractivity contribution in [1.82, 2.24) is 0 Å². The standard InChI is InChI=1S/C8H10O2/c1-7-4-5-8(10-7)3-2-6-9/h4-6H,2-3H2,1H3. The van der Waals surface area contributed by atoms with Crippen molar-refractivity contribution in [1.29, 1.82) is 0 Å². The molecule has 0 aliphatic rings. The van der Waals surface area contributed by atoms with Crippen LogP contribution in [0.15, 0.2) is 16.5 Å². The Morgan fingerprint density at radius 2 is 2.40 bits per heavy atom. The van der Waals surface area contributed by atoms with E-state index in [1.54, 1.807) is 0 Å². The fourth-order valence-corrected chi connectivity index (χ4v) is 0.821. The highest BCUT2D eigenvalue weighted by molar-refractivity contribution is 5.49. The Morgan fingerprint density at radius 1 is 1.60 bits per heavy atom. The number of furan rings is 1. The number of carbonyl (C=O) groups is 1. The van der Waals surface area contributed by atoms with Crippen LogP contribution in [-0.2, 0) is 11.2 Å². The molecular formula is C8H10O2. The quantitative estimate of drug-likeness (QED) is 0.595. The van der Waals surface area contributed by atoms with Crippen LogP contribution >= 0.6 is 0 Å². The van der Waals surface area contributed by atoms with E-state index in [-0.39, 0.29) is 0 Å².